The number of halogens is 1. The Morgan fingerprint density at radius 2 is 2.39 bits per heavy atom. The molecule has 0 radical (unpaired) electrons. The third kappa shape index (κ3) is 3.68. The smallest absolute Gasteiger partial charge is 0.165 e. The van der Waals surface area contributed by atoms with Gasteiger partial charge in [-0.25, -0.2) is 4.39 Å². The van der Waals surface area contributed by atoms with E-state index < -0.39 is 0 Å². The first-order chi connectivity index (χ1) is 8.79. The van der Waals surface area contributed by atoms with E-state index in [1.165, 1.54) is 6.42 Å². The molecule has 3 nitrogen and oxygen atoms in total. The van der Waals surface area contributed by atoms with Crippen LogP contribution >= 0.6 is 0 Å². The zero-order chi connectivity index (χ0) is 12.8. The van der Waals surface area contributed by atoms with Gasteiger partial charge in [0.2, 0.25) is 0 Å². The number of ether oxygens (including phenoxy) is 1. The van der Waals surface area contributed by atoms with Gasteiger partial charge in [0.1, 0.15) is 0 Å². The third-order valence-electron chi connectivity index (χ3n) is 3.22. The molecule has 0 amide bonds. The zero-order valence-corrected chi connectivity index (χ0v) is 10.8. The van der Waals surface area contributed by atoms with Crippen molar-refractivity contribution in [3.8, 4) is 5.75 Å². The van der Waals surface area contributed by atoms with Crippen molar-refractivity contribution in [3.63, 3.8) is 0 Å². The average molecular weight is 252 g/mol. The molecule has 1 aromatic carbocycles. The van der Waals surface area contributed by atoms with Crippen LogP contribution in [0.1, 0.15) is 18.9 Å². The lowest BCUT2D eigenvalue weighted by Crippen LogP contribution is -2.24. The molecule has 18 heavy (non-hydrogen) atoms. The summed E-state index contributed by atoms with van der Waals surface area (Å²) in [5.74, 6) is 0.762. The quantitative estimate of drug-likeness (QED) is 0.811. The Morgan fingerprint density at radius 3 is 3.06 bits per heavy atom. The van der Waals surface area contributed by atoms with Gasteiger partial charge in [-0.2, -0.15) is 0 Å². The number of rotatable bonds is 6. The molecule has 0 saturated carbocycles. The summed E-state index contributed by atoms with van der Waals surface area (Å²) in [6.45, 7) is 6.24. The number of benzene rings is 1. The Kier molecular flexibility index (Phi) is 4.96. The van der Waals surface area contributed by atoms with Crippen LogP contribution in [0.3, 0.4) is 0 Å². The predicted octanol–water partition coefficient (Wildman–Crippen LogP) is 1.92. The lowest BCUT2D eigenvalue weighted by atomic mass is 10.1. The van der Waals surface area contributed by atoms with Crippen molar-refractivity contribution >= 4 is 0 Å². The van der Waals surface area contributed by atoms with E-state index >= 15 is 0 Å². The molecule has 1 aromatic rings. The lowest BCUT2D eigenvalue weighted by molar-refractivity contribution is 0.321. The van der Waals surface area contributed by atoms with Gasteiger partial charge in [0.15, 0.2) is 11.6 Å². The molecule has 1 aliphatic heterocycles. The maximum absolute atomic E-state index is 13.6. The van der Waals surface area contributed by atoms with E-state index in [4.69, 9.17) is 4.74 Å². The van der Waals surface area contributed by atoms with E-state index in [1.807, 2.05) is 13.0 Å². The number of hydrogen-bond acceptors (Lipinski definition) is 3. The van der Waals surface area contributed by atoms with Crippen LogP contribution in [0, 0.1) is 11.7 Å². The summed E-state index contributed by atoms with van der Waals surface area (Å²) < 4.78 is 18.8. The van der Waals surface area contributed by atoms with Crippen LogP contribution in [-0.4, -0.2) is 26.2 Å². The van der Waals surface area contributed by atoms with Gasteiger partial charge >= 0.3 is 0 Å². The highest BCUT2D eigenvalue weighted by atomic mass is 19.1. The van der Waals surface area contributed by atoms with E-state index in [9.17, 15) is 4.39 Å². The Labute approximate surface area is 108 Å². The predicted molar refractivity (Wildman–Crippen MR) is 70.3 cm³/mol. The molecule has 0 aromatic heterocycles. The van der Waals surface area contributed by atoms with Crippen molar-refractivity contribution in [3.05, 3.63) is 29.6 Å². The second-order valence-electron chi connectivity index (χ2n) is 4.69. The van der Waals surface area contributed by atoms with Gasteiger partial charge in [-0.15, -0.1) is 0 Å². The van der Waals surface area contributed by atoms with E-state index in [1.54, 1.807) is 12.1 Å². The van der Waals surface area contributed by atoms with Gasteiger partial charge in [0.05, 0.1) is 6.61 Å². The second kappa shape index (κ2) is 6.71. The van der Waals surface area contributed by atoms with Crippen molar-refractivity contribution < 1.29 is 9.13 Å². The maximum Gasteiger partial charge on any atom is 0.165 e. The number of hydrogen-bond donors (Lipinski definition) is 2. The van der Waals surface area contributed by atoms with Crippen molar-refractivity contribution in [2.75, 3.05) is 26.2 Å². The summed E-state index contributed by atoms with van der Waals surface area (Å²) in [7, 11) is 0. The minimum Gasteiger partial charge on any atom is -0.491 e. The fraction of sp³-hybridized carbons (Fsp3) is 0.571. The first-order valence-electron chi connectivity index (χ1n) is 6.62. The van der Waals surface area contributed by atoms with Crippen molar-refractivity contribution in [1.82, 2.24) is 10.6 Å². The molecular formula is C14H21FN2O. The first-order valence-corrected chi connectivity index (χ1v) is 6.62. The van der Waals surface area contributed by atoms with Crippen LogP contribution in [-0.2, 0) is 6.54 Å². The molecule has 4 heteroatoms. The molecular weight excluding hydrogens is 231 g/mol. The summed E-state index contributed by atoms with van der Waals surface area (Å²) in [5.41, 5.74) is 0.960. The maximum atomic E-state index is 13.6. The van der Waals surface area contributed by atoms with E-state index in [-0.39, 0.29) is 5.82 Å². The normalized spacial score (nSPS) is 19.1. The Morgan fingerprint density at radius 1 is 1.50 bits per heavy atom. The van der Waals surface area contributed by atoms with Crippen LogP contribution in [0.25, 0.3) is 0 Å². The molecule has 1 fully saturated rings. The Balaban J connectivity index is 1.80. The minimum atomic E-state index is -0.279. The molecule has 1 aliphatic rings. The molecule has 1 saturated heterocycles. The van der Waals surface area contributed by atoms with Crippen molar-refractivity contribution in [2.24, 2.45) is 5.92 Å². The molecule has 2 rings (SSSR count). The molecule has 0 aliphatic carbocycles. The van der Waals surface area contributed by atoms with E-state index in [0.29, 0.717) is 24.8 Å². The third-order valence-corrected chi connectivity index (χ3v) is 3.22. The number of nitrogens with one attached hydrogen (secondary N) is 2. The monoisotopic (exact) mass is 252 g/mol. The second-order valence-corrected chi connectivity index (χ2v) is 4.69. The minimum absolute atomic E-state index is 0.279. The Hall–Kier alpha value is -1.13. The lowest BCUT2D eigenvalue weighted by Gasteiger charge is -2.11. The fourth-order valence-electron chi connectivity index (χ4n) is 2.24. The van der Waals surface area contributed by atoms with Crippen LogP contribution < -0.4 is 15.4 Å². The van der Waals surface area contributed by atoms with Gasteiger partial charge in [0, 0.05) is 6.54 Å². The highest BCUT2D eigenvalue weighted by molar-refractivity contribution is 5.29. The van der Waals surface area contributed by atoms with Gasteiger partial charge in [-0.05, 0) is 56.6 Å². The standard InChI is InChI=1S/C14H21FN2O/c1-2-18-14-4-3-11(7-13(14)15)8-17-10-12-5-6-16-9-12/h3-4,7,12,16-17H,2,5-6,8-10H2,1H3. The largest absolute Gasteiger partial charge is 0.491 e. The van der Waals surface area contributed by atoms with Crippen LogP contribution in [0.4, 0.5) is 4.39 Å². The van der Waals surface area contributed by atoms with Gasteiger partial charge in [0.25, 0.3) is 0 Å². The topological polar surface area (TPSA) is 33.3 Å². The molecule has 1 heterocycles. The van der Waals surface area contributed by atoms with Crippen molar-refractivity contribution in [2.45, 2.75) is 19.9 Å². The summed E-state index contributed by atoms with van der Waals surface area (Å²) >= 11 is 0. The Bertz CT molecular complexity index is 378. The van der Waals surface area contributed by atoms with Crippen molar-refractivity contribution in [1.29, 1.82) is 0 Å². The van der Waals surface area contributed by atoms with Gasteiger partial charge < -0.3 is 15.4 Å². The molecule has 1 atom stereocenters. The summed E-state index contributed by atoms with van der Waals surface area (Å²) in [4.78, 5) is 0. The zero-order valence-electron chi connectivity index (χ0n) is 10.8. The molecule has 1 unspecified atom stereocenters. The van der Waals surface area contributed by atoms with Gasteiger partial charge in [-0.1, -0.05) is 6.07 Å². The fourth-order valence-corrected chi connectivity index (χ4v) is 2.24. The van der Waals surface area contributed by atoms with E-state index in [0.717, 1.165) is 25.2 Å². The van der Waals surface area contributed by atoms with Gasteiger partial charge in [-0.3, -0.25) is 0 Å². The van der Waals surface area contributed by atoms with Crippen LogP contribution in [0.2, 0.25) is 0 Å². The molecule has 100 valence electrons. The molecule has 0 spiro atoms. The average Bonchev–Trinajstić information content (AvgIpc) is 2.86. The van der Waals surface area contributed by atoms with Crippen LogP contribution in [0.15, 0.2) is 18.2 Å². The SMILES string of the molecule is CCOc1ccc(CNCC2CCNC2)cc1F. The molecule has 0 bridgehead atoms. The van der Waals surface area contributed by atoms with Crippen LogP contribution in [0.5, 0.6) is 5.75 Å². The highest BCUT2D eigenvalue weighted by Gasteiger charge is 2.13. The first kappa shape index (κ1) is 13.3. The molecule has 2 N–H and O–H groups in total. The summed E-state index contributed by atoms with van der Waals surface area (Å²) in [5, 5.41) is 6.71. The summed E-state index contributed by atoms with van der Waals surface area (Å²) in [6.07, 6.45) is 1.23. The highest BCUT2D eigenvalue weighted by Crippen LogP contribution is 2.18. The summed E-state index contributed by atoms with van der Waals surface area (Å²) in [6, 6.07) is 5.16. The van der Waals surface area contributed by atoms with E-state index in [2.05, 4.69) is 10.6 Å².